The molecule has 1 saturated carbocycles. The Morgan fingerprint density at radius 2 is 1.97 bits per heavy atom. The van der Waals surface area contributed by atoms with Gasteiger partial charge in [0.2, 0.25) is 5.88 Å². The van der Waals surface area contributed by atoms with Crippen LogP contribution in [0.5, 0.6) is 5.88 Å². The average Bonchev–Trinajstić information content (AvgIpc) is 2.88. The van der Waals surface area contributed by atoms with Crippen molar-refractivity contribution in [3.05, 3.63) is 82.0 Å². The van der Waals surface area contributed by atoms with Crippen molar-refractivity contribution in [3.8, 4) is 5.88 Å². The molecule has 0 unspecified atom stereocenters. The zero-order chi connectivity index (χ0) is 25.6. The molecular weight excluding hydrogens is 470 g/mol. The van der Waals surface area contributed by atoms with Gasteiger partial charge in [-0.2, -0.15) is 0 Å². The van der Waals surface area contributed by atoms with Gasteiger partial charge >= 0.3 is 0 Å². The van der Waals surface area contributed by atoms with E-state index in [-0.39, 0.29) is 17.8 Å². The molecule has 5 rings (SSSR count). The summed E-state index contributed by atoms with van der Waals surface area (Å²) in [6.07, 6.45) is 5.59. The van der Waals surface area contributed by atoms with Gasteiger partial charge in [0.05, 0.1) is 18.8 Å². The minimum atomic E-state index is -0.443. The Kier molecular flexibility index (Phi) is 7.72. The Morgan fingerprint density at radius 1 is 1.08 bits per heavy atom. The third kappa shape index (κ3) is 5.95. The molecule has 0 radical (unpaired) electrons. The molecule has 2 N–H and O–H groups in total. The van der Waals surface area contributed by atoms with Crippen molar-refractivity contribution in [2.45, 2.75) is 32.4 Å². The van der Waals surface area contributed by atoms with Gasteiger partial charge in [-0.3, -0.25) is 14.0 Å². The maximum absolute atomic E-state index is 12.8. The minimum Gasteiger partial charge on any atom is -0.475 e. The number of carbonyl (C=O) groups excluding carboxylic acids is 1. The fourth-order valence-electron chi connectivity index (χ4n) is 4.41. The summed E-state index contributed by atoms with van der Waals surface area (Å²) in [5.41, 5.74) is 1.98. The molecule has 9 nitrogen and oxygen atoms in total. The Labute approximate surface area is 214 Å². The van der Waals surface area contributed by atoms with Crippen molar-refractivity contribution in [1.82, 2.24) is 25.0 Å². The number of carbonyl (C=O) groups is 1. The van der Waals surface area contributed by atoms with Crippen molar-refractivity contribution in [2.75, 3.05) is 26.9 Å². The molecule has 0 bridgehead atoms. The summed E-state index contributed by atoms with van der Waals surface area (Å²) < 4.78 is 12.4. The highest BCUT2D eigenvalue weighted by atomic mass is 16.5. The van der Waals surface area contributed by atoms with Gasteiger partial charge in [0, 0.05) is 31.3 Å². The van der Waals surface area contributed by atoms with Gasteiger partial charge in [-0.15, -0.1) is 0 Å². The van der Waals surface area contributed by atoms with E-state index < -0.39 is 5.91 Å². The number of rotatable bonds is 11. The van der Waals surface area contributed by atoms with Crippen LogP contribution in [0.3, 0.4) is 0 Å². The summed E-state index contributed by atoms with van der Waals surface area (Å²) in [7, 11) is 1.62. The molecule has 1 aliphatic carbocycles. The van der Waals surface area contributed by atoms with E-state index in [0.717, 1.165) is 29.8 Å². The van der Waals surface area contributed by atoms with E-state index in [2.05, 4.69) is 32.7 Å². The number of methoxy groups -OCH3 is 1. The van der Waals surface area contributed by atoms with Crippen molar-refractivity contribution in [3.63, 3.8) is 0 Å². The van der Waals surface area contributed by atoms with E-state index in [1.165, 1.54) is 35.3 Å². The van der Waals surface area contributed by atoms with Gasteiger partial charge < -0.3 is 20.1 Å². The predicted molar refractivity (Wildman–Crippen MR) is 141 cm³/mol. The van der Waals surface area contributed by atoms with Crippen LogP contribution in [0.15, 0.2) is 59.5 Å². The van der Waals surface area contributed by atoms with Crippen LogP contribution in [0.4, 0.5) is 0 Å². The molecule has 3 aromatic heterocycles. The van der Waals surface area contributed by atoms with Crippen LogP contribution in [-0.4, -0.2) is 47.1 Å². The van der Waals surface area contributed by atoms with Crippen molar-refractivity contribution < 1.29 is 14.3 Å². The number of nitrogens with zero attached hydrogens (tertiary/aromatic N) is 3. The predicted octanol–water partition coefficient (Wildman–Crippen LogP) is 3.09. The normalized spacial score (nSPS) is 13.5. The highest BCUT2D eigenvalue weighted by molar-refractivity contribution is 5.92. The van der Waals surface area contributed by atoms with E-state index in [4.69, 9.17) is 9.47 Å². The number of hydrogen-bond acceptors (Lipinski definition) is 7. The van der Waals surface area contributed by atoms with E-state index in [1.54, 1.807) is 31.5 Å². The van der Waals surface area contributed by atoms with Crippen molar-refractivity contribution >= 4 is 22.3 Å². The molecule has 4 aromatic rings. The van der Waals surface area contributed by atoms with Crippen molar-refractivity contribution in [1.29, 1.82) is 0 Å². The van der Waals surface area contributed by atoms with Gasteiger partial charge in [-0.25, -0.2) is 9.97 Å². The molecule has 1 amide bonds. The molecule has 0 saturated heterocycles. The molecule has 9 heteroatoms. The van der Waals surface area contributed by atoms with Gasteiger partial charge in [0.15, 0.2) is 0 Å². The third-order valence-electron chi connectivity index (χ3n) is 6.66. The van der Waals surface area contributed by atoms with E-state index in [1.807, 2.05) is 12.1 Å². The summed E-state index contributed by atoms with van der Waals surface area (Å²) in [5.74, 6) is 0.852. The zero-order valence-electron chi connectivity index (χ0n) is 20.9. The smallest absolute Gasteiger partial charge is 0.270 e. The fraction of sp³-hybridized carbons (Fsp3) is 0.357. The lowest BCUT2D eigenvalue weighted by molar-refractivity contribution is 0.0945. The average molecular weight is 502 g/mol. The first-order valence-electron chi connectivity index (χ1n) is 12.6. The van der Waals surface area contributed by atoms with Gasteiger partial charge in [0.1, 0.15) is 17.9 Å². The molecule has 0 spiro atoms. The third-order valence-corrected chi connectivity index (χ3v) is 6.66. The lowest BCUT2D eigenvalue weighted by atomic mass is 9.85. The lowest BCUT2D eigenvalue weighted by Crippen LogP contribution is -2.27. The molecule has 3 heterocycles. The lowest BCUT2D eigenvalue weighted by Gasteiger charge is -2.25. The summed E-state index contributed by atoms with van der Waals surface area (Å²) in [5, 5.41) is 8.28. The second-order valence-electron chi connectivity index (χ2n) is 9.33. The number of fused-ring (bicyclic) bond motifs is 2. The fourth-order valence-corrected chi connectivity index (χ4v) is 4.41. The largest absolute Gasteiger partial charge is 0.475 e. The van der Waals surface area contributed by atoms with Gasteiger partial charge in [-0.05, 0) is 66.6 Å². The van der Waals surface area contributed by atoms with Crippen LogP contribution in [0.25, 0.3) is 16.4 Å². The van der Waals surface area contributed by atoms with Crippen LogP contribution in [-0.2, 0) is 17.8 Å². The van der Waals surface area contributed by atoms with Crippen LogP contribution < -0.4 is 20.9 Å². The highest BCUT2D eigenvalue weighted by Gasteiger charge is 2.17. The molecule has 192 valence electrons. The topological polar surface area (TPSA) is 107 Å². The van der Waals surface area contributed by atoms with E-state index in [0.29, 0.717) is 30.4 Å². The molecule has 1 aliphatic rings. The van der Waals surface area contributed by atoms with Crippen molar-refractivity contribution in [2.24, 2.45) is 5.92 Å². The first-order valence-corrected chi connectivity index (χ1v) is 12.6. The summed E-state index contributed by atoms with van der Waals surface area (Å²) in [4.78, 5) is 34.1. The minimum absolute atomic E-state index is 0.0633. The Morgan fingerprint density at radius 3 is 2.78 bits per heavy atom. The Bertz CT molecular complexity index is 1460. The number of aromatic nitrogens is 3. The quantitative estimate of drug-likeness (QED) is 0.304. The second kappa shape index (κ2) is 11.5. The van der Waals surface area contributed by atoms with Gasteiger partial charge in [-0.1, -0.05) is 18.6 Å². The highest BCUT2D eigenvalue weighted by Crippen LogP contribution is 2.27. The second-order valence-corrected chi connectivity index (χ2v) is 9.33. The van der Waals surface area contributed by atoms with E-state index in [9.17, 15) is 9.59 Å². The van der Waals surface area contributed by atoms with E-state index >= 15 is 0 Å². The number of nitrogens with one attached hydrogen (secondary N) is 2. The van der Waals surface area contributed by atoms with Crippen LogP contribution in [0, 0.1) is 5.92 Å². The maximum atomic E-state index is 12.8. The molecule has 1 aromatic carbocycles. The number of hydrogen-bond donors (Lipinski definition) is 2. The van der Waals surface area contributed by atoms with Gasteiger partial charge in [0.25, 0.3) is 11.5 Å². The molecule has 1 fully saturated rings. The summed E-state index contributed by atoms with van der Waals surface area (Å²) in [6.45, 7) is 2.81. The first kappa shape index (κ1) is 24.9. The monoisotopic (exact) mass is 501 g/mol. The first-order chi connectivity index (χ1) is 18.1. The molecular formula is C28H31N5O4. The molecule has 0 aliphatic heterocycles. The van der Waals surface area contributed by atoms with Crippen LogP contribution in [0.1, 0.15) is 41.0 Å². The Balaban J connectivity index is 1.34. The van der Waals surface area contributed by atoms with Crippen LogP contribution in [0.2, 0.25) is 0 Å². The van der Waals surface area contributed by atoms with Crippen LogP contribution >= 0.6 is 0 Å². The summed E-state index contributed by atoms with van der Waals surface area (Å²) in [6, 6.07) is 14.6. The molecule has 0 atom stereocenters. The Hall–Kier alpha value is -3.82. The number of amides is 1. The SMILES string of the molecule is COCCOc1nc(CNC(=O)c2cc(=O)n3ccccc3n2)cc2cc(CNCC3CCC3)ccc12. The molecule has 37 heavy (non-hydrogen) atoms. The maximum Gasteiger partial charge on any atom is 0.270 e. The number of benzene rings is 1. The number of ether oxygens (including phenoxy) is 2. The zero-order valence-corrected chi connectivity index (χ0v) is 20.9. The number of pyridine rings is 2. The standard InChI is InChI=1S/C28H31N5O4/c1-36-11-12-37-28-23-9-8-20(17-29-16-19-5-4-6-19)13-21(23)14-22(31-28)18-30-27(35)24-15-26(34)33-10-3-2-7-25(33)32-24/h2-3,7-10,13-15,19,29H,4-6,11-12,16-18H2,1H3,(H,30,35). The summed E-state index contributed by atoms with van der Waals surface area (Å²) >= 11 is 0.